The van der Waals surface area contributed by atoms with Crippen LogP contribution in [0.5, 0.6) is 0 Å². The first-order chi connectivity index (χ1) is 15.6. The molecular weight excluding hydrogens is 404 g/mol. The summed E-state index contributed by atoms with van der Waals surface area (Å²) in [6.07, 6.45) is 4.01. The van der Waals surface area contributed by atoms with Crippen LogP contribution in [0.3, 0.4) is 0 Å². The topological polar surface area (TPSA) is 87.6 Å². The summed E-state index contributed by atoms with van der Waals surface area (Å²) in [4.78, 5) is 6.57. The smallest absolute Gasteiger partial charge is 0.167 e. The van der Waals surface area contributed by atoms with Crippen LogP contribution in [0.2, 0.25) is 0 Å². The Morgan fingerprint density at radius 3 is 2.72 bits per heavy atom. The number of hydrogen-bond donors (Lipinski definition) is 2. The van der Waals surface area contributed by atoms with Crippen molar-refractivity contribution in [3.63, 3.8) is 0 Å². The van der Waals surface area contributed by atoms with Gasteiger partial charge in [-0.1, -0.05) is 23.9 Å². The first-order valence-corrected chi connectivity index (χ1v) is 11.2. The lowest BCUT2D eigenvalue weighted by Crippen LogP contribution is -2.34. The van der Waals surface area contributed by atoms with Crippen molar-refractivity contribution in [3.8, 4) is 23.2 Å². The Kier molecular flexibility index (Phi) is 5.83. The minimum Gasteiger partial charge on any atom is -0.394 e. The predicted octanol–water partition coefficient (Wildman–Crippen LogP) is 2.03. The molecule has 4 atom stereocenters. The van der Waals surface area contributed by atoms with Crippen LogP contribution >= 0.6 is 0 Å². The van der Waals surface area contributed by atoms with E-state index in [9.17, 15) is 5.11 Å². The molecule has 0 radical (unpaired) electrons. The van der Waals surface area contributed by atoms with Gasteiger partial charge in [0, 0.05) is 61.6 Å². The zero-order valence-electron chi connectivity index (χ0n) is 18.2. The van der Waals surface area contributed by atoms with E-state index in [1.54, 1.807) is 0 Å². The molecule has 5 rings (SSSR count). The number of aromatic nitrogens is 3. The van der Waals surface area contributed by atoms with E-state index in [2.05, 4.69) is 38.4 Å². The van der Waals surface area contributed by atoms with Crippen LogP contribution in [0.1, 0.15) is 24.0 Å². The van der Waals surface area contributed by atoms with Crippen LogP contribution in [0.4, 0.5) is 0 Å². The largest absolute Gasteiger partial charge is 0.394 e. The lowest BCUT2D eigenvalue weighted by atomic mass is 10.1. The summed E-state index contributed by atoms with van der Waals surface area (Å²) in [5.74, 6) is 10.2. The number of benzene rings is 1. The van der Waals surface area contributed by atoms with Gasteiger partial charge >= 0.3 is 0 Å². The molecule has 166 valence electrons. The standard InChI is InChI=1S/C25H28N4O3/c1-2-25-26-9-10-29(25)12-19-11-24(32-27-19)18-6-3-17(4-7-18)5-8-21-22-14-28(15-23(21)22)13-20(31)16-30/h3-4,6-7,9-11,20-23,30-31H,2,12-16H2,1H3/t20-,21?,22-,23+/m0/s1. The first kappa shape index (κ1) is 21.0. The maximum absolute atomic E-state index is 9.59. The van der Waals surface area contributed by atoms with Crippen molar-refractivity contribution in [2.45, 2.75) is 26.0 Å². The molecule has 1 saturated carbocycles. The molecule has 1 aliphatic heterocycles. The number of aliphatic hydroxyl groups excluding tert-OH is 2. The van der Waals surface area contributed by atoms with E-state index in [4.69, 9.17) is 9.63 Å². The van der Waals surface area contributed by atoms with Gasteiger partial charge in [0.15, 0.2) is 5.76 Å². The zero-order chi connectivity index (χ0) is 22.1. The minimum atomic E-state index is -0.643. The van der Waals surface area contributed by atoms with Gasteiger partial charge in [-0.2, -0.15) is 0 Å². The van der Waals surface area contributed by atoms with Gasteiger partial charge in [-0.05, 0) is 36.1 Å². The third-order valence-corrected chi connectivity index (χ3v) is 6.51. The third-order valence-electron chi connectivity index (χ3n) is 6.51. The van der Waals surface area contributed by atoms with Gasteiger partial charge in [-0.15, -0.1) is 0 Å². The third kappa shape index (κ3) is 4.35. The number of likely N-dealkylation sites (tertiary alicyclic amines) is 1. The van der Waals surface area contributed by atoms with Crippen molar-refractivity contribution >= 4 is 0 Å². The molecule has 0 spiro atoms. The Morgan fingerprint density at radius 2 is 2.00 bits per heavy atom. The molecule has 1 aliphatic carbocycles. The summed E-state index contributed by atoms with van der Waals surface area (Å²) in [6, 6.07) is 10.1. The van der Waals surface area contributed by atoms with E-state index in [1.807, 2.05) is 42.7 Å². The maximum atomic E-state index is 9.59. The number of fused-ring (bicyclic) bond motifs is 1. The summed E-state index contributed by atoms with van der Waals surface area (Å²) in [5.41, 5.74) is 2.85. The number of hydrogen-bond acceptors (Lipinski definition) is 6. The maximum Gasteiger partial charge on any atom is 0.167 e. The lowest BCUT2D eigenvalue weighted by molar-refractivity contribution is 0.0622. The molecule has 2 aliphatic rings. The Balaban J connectivity index is 1.17. The van der Waals surface area contributed by atoms with Crippen molar-refractivity contribution in [2.24, 2.45) is 17.8 Å². The van der Waals surface area contributed by atoms with Gasteiger partial charge in [0.05, 0.1) is 19.3 Å². The number of aliphatic hydroxyl groups is 2. The van der Waals surface area contributed by atoms with Crippen LogP contribution in [0.25, 0.3) is 11.3 Å². The highest BCUT2D eigenvalue weighted by atomic mass is 16.5. The predicted molar refractivity (Wildman–Crippen MR) is 120 cm³/mol. The fourth-order valence-electron chi connectivity index (χ4n) is 4.71. The number of nitrogens with zero attached hydrogens (tertiary/aromatic N) is 4. The van der Waals surface area contributed by atoms with Crippen LogP contribution < -0.4 is 0 Å². The van der Waals surface area contributed by atoms with E-state index >= 15 is 0 Å². The molecular formula is C25H28N4O3. The van der Waals surface area contributed by atoms with Crippen molar-refractivity contribution in [1.29, 1.82) is 0 Å². The minimum absolute atomic E-state index is 0.176. The molecule has 3 heterocycles. The number of β-amino-alcohol motifs (C(OH)–C–C–N with tert-alkyl or cyclic N) is 1. The monoisotopic (exact) mass is 432 g/mol. The van der Waals surface area contributed by atoms with Gasteiger partial charge in [0.1, 0.15) is 11.5 Å². The van der Waals surface area contributed by atoms with E-state index in [1.165, 1.54) is 0 Å². The number of piperidine rings is 1. The molecule has 1 saturated heterocycles. The summed E-state index contributed by atoms with van der Waals surface area (Å²) in [7, 11) is 0. The average molecular weight is 433 g/mol. The fourth-order valence-corrected chi connectivity index (χ4v) is 4.71. The lowest BCUT2D eigenvalue weighted by Gasteiger charge is -2.20. The SMILES string of the molecule is CCc1nccn1Cc1cc(-c2ccc(C#CC3[C@H]4CN(C[C@H](O)CO)C[C@@H]34)cc2)on1. The van der Waals surface area contributed by atoms with Gasteiger partial charge in [-0.25, -0.2) is 4.98 Å². The number of imidazole rings is 1. The van der Waals surface area contributed by atoms with E-state index in [0.29, 0.717) is 30.8 Å². The van der Waals surface area contributed by atoms with Gasteiger partial charge in [0.25, 0.3) is 0 Å². The molecule has 32 heavy (non-hydrogen) atoms. The quantitative estimate of drug-likeness (QED) is 0.556. The summed E-state index contributed by atoms with van der Waals surface area (Å²) in [5, 5.41) is 22.8. The molecule has 7 nitrogen and oxygen atoms in total. The fraction of sp³-hybridized carbons (Fsp3) is 0.440. The highest BCUT2D eigenvalue weighted by Gasteiger charge is 2.54. The molecule has 3 aromatic rings. The average Bonchev–Trinajstić information content (AvgIpc) is 3.29. The molecule has 2 N–H and O–H groups in total. The Bertz CT molecular complexity index is 1110. The van der Waals surface area contributed by atoms with Gasteiger partial charge in [-0.3, -0.25) is 0 Å². The number of rotatable bonds is 7. The van der Waals surface area contributed by atoms with Crippen LogP contribution in [-0.2, 0) is 13.0 Å². The van der Waals surface area contributed by atoms with Crippen molar-refractivity contribution in [2.75, 3.05) is 26.2 Å². The van der Waals surface area contributed by atoms with E-state index < -0.39 is 6.10 Å². The van der Waals surface area contributed by atoms with Gasteiger partial charge in [0.2, 0.25) is 0 Å². The Morgan fingerprint density at radius 1 is 1.22 bits per heavy atom. The molecule has 7 heteroatoms. The van der Waals surface area contributed by atoms with Crippen molar-refractivity contribution in [3.05, 3.63) is 59.8 Å². The number of aryl methyl sites for hydroxylation is 1. The van der Waals surface area contributed by atoms with Crippen LogP contribution in [-0.4, -0.2) is 62.2 Å². The summed E-state index contributed by atoms with van der Waals surface area (Å²) in [6.45, 7) is 5.04. The Labute approximate surface area is 187 Å². The summed E-state index contributed by atoms with van der Waals surface area (Å²) < 4.78 is 7.64. The van der Waals surface area contributed by atoms with Crippen LogP contribution in [0.15, 0.2) is 47.2 Å². The second kappa shape index (κ2) is 8.91. The van der Waals surface area contributed by atoms with Gasteiger partial charge < -0.3 is 24.2 Å². The molecule has 1 aromatic carbocycles. The van der Waals surface area contributed by atoms with Crippen LogP contribution in [0, 0.1) is 29.6 Å². The highest BCUT2D eigenvalue weighted by Crippen LogP contribution is 2.51. The second-order valence-electron chi connectivity index (χ2n) is 8.76. The summed E-state index contributed by atoms with van der Waals surface area (Å²) >= 11 is 0. The zero-order valence-corrected chi connectivity index (χ0v) is 18.2. The first-order valence-electron chi connectivity index (χ1n) is 11.2. The second-order valence-corrected chi connectivity index (χ2v) is 8.76. The highest BCUT2D eigenvalue weighted by molar-refractivity contribution is 5.59. The van der Waals surface area contributed by atoms with E-state index in [-0.39, 0.29) is 6.61 Å². The normalized spacial score (nSPS) is 22.9. The molecule has 0 bridgehead atoms. The molecule has 2 fully saturated rings. The molecule has 0 amide bonds. The van der Waals surface area contributed by atoms with E-state index in [0.717, 1.165) is 47.9 Å². The molecule has 2 aromatic heterocycles. The molecule has 1 unspecified atom stereocenters. The Hall–Kier alpha value is -2.92. The van der Waals surface area contributed by atoms with Crippen molar-refractivity contribution < 1.29 is 14.7 Å². The van der Waals surface area contributed by atoms with Crippen molar-refractivity contribution in [1.82, 2.24) is 19.6 Å².